The minimum atomic E-state index is 0.175. The fourth-order valence-electron chi connectivity index (χ4n) is 2.16. The molecular formula is C17H22N2O. The molecule has 2 rings (SSSR count). The molecule has 1 atom stereocenters. The van der Waals surface area contributed by atoms with E-state index in [1.54, 1.807) is 7.11 Å². The van der Waals surface area contributed by atoms with Crippen molar-refractivity contribution >= 4 is 0 Å². The van der Waals surface area contributed by atoms with Crippen LogP contribution >= 0.6 is 0 Å². The van der Waals surface area contributed by atoms with Gasteiger partial charge in [0.15, 0.2) is 0 Å². The molecule has 0 aliphatic heterocycles. The van der Waals surface area contributed by atoms with Crippen LogP contribution in [0.25, 0.3) is 0 Å². The summed E-state index contributed by atoms with van der Waals surface area (Å²) in [5.41, 5.74) is 3.46. The fraction of sp³-hybridized carbons (Fsp3) is 0.353. The molecule has 0 bridgehead atoms. The summed E-state index contributed by atoms with van der Waals surface area (Å²) >= 11 is 0. The van der Waals surface area contributed by atoms with Gasteiger partial charge in [-0.05, 0) is 49.2 Å². The number of rotatable bonds is 6. The van der Waals surface area contributed by atoms with Crippen molar-refractivity contribution in [3.63, 3.8) is 0 Å². The molecule has 3 nitrogen and oxygen atoms in total. The summed E-state index contributed by atoms with van der Waals surface area (Å²) in [5, 5.41) is 3.58. The number of benzene rings is 1. The standard InChI is InChI=1S/C17H22N2O/c1-4-11-18-17(15-6-5-13(2)19-12-15)14-7-9-16(20-3)10-8-14/h5-10,12,17-18H,4,11H2,1-3H3. The Kier molecular flexibility index (Phi) is 5.13. The molecule has 0 aliphatic carbocycles. The molecule has 1 aromatic heterocycles. The monoisotopic (exact) mass is 270 g/mol. The summed E-state index contributed by atoms with van der Waals surface area (Å²) in [5.74, 6) is 0.880. The van der Waals surface area contributed by atoms with Crippen molar-refractivity contribution in [1.29, 1.82) is 0 Å². The van der Waals surface area contributed by atoms with Gasteiger partial charge >= 0.3 is 0 Å². The Morgan fingerprint density at radius 2 is 1.80 bits per heavy atom. The molecule has 1 heterocycles. The van der Waals surface area contributed by atoms with Crippen molar-refractivity contribution in [2.75, 3.05) is 13.7 Å². The van der Waals surface area contributed by atoms with Crippen LogP contribution in [0.2, 0.25) is 0 Å². The summed E-state index contributed by atoms with van der Waals surface area (Å²) in [4.78, 5) is 4.40. The van der Waals surface area contributed by atoms with Gasteiger partial charge in [-0.2, -0.15) is 0 Å². The Bertz CT molecular complexity index is 520. The van der Waals surface area contributed by atoms with Gasteiger partial charge in [-0.25, -0.2) is 0 Å². The van der Waals surface area contributed by atoms with E-state index < -0.39 is 0 Å². The highest BCUT2D eigenvalue weighted by atomic mass is 16.5. The summed E-state index contributed by atoms with van der Waals surface area (Å²) in [6, 6.07) is 12.6. The van der Waals surface area contributed by atoms with Gasteiger partial charge in [0, 0.05) is 11.9 Å². The van der Waals surface area contributed by atoms with Crippen LogP contribution in [0.1, 0.15) is 36.2 Å². The van der Waals surface area contributed by atoms with E-state index in [0.29, 0.717) is 0 Å². The van der Waals surface area contributed by atoms with Crippen molar-refractivity contribution in [3.8, 4) is 5.75 Å². The number of nitrogens with one attached hydrogen (secondary N) is 1. The molecule has 0 amide bonds. The van der Waals surface area contributed by atoms with E-state index in [2.05, 4.69) is 41.5 Å². The lowest BCUT2D eigenvalue weighted by molar-refractivity contribution is 0.414. The van der Waals surface area contributed by atoms with Crippen LogP contribution in [-0.2, 0) is 0 Å². The third kappa shape index (κ3) is 3.58. The first kappa shape index (κ1) is 14.5. The van der Waals surface area contributed by atoms with Crippen molar-refractivity contribution < 1.29 is 4.74 Å². The minimum absolute atomic E-state index is 0.175. The Labute approximate surface area is 121 Å². The van der Waals surface area contributed by atoms with Crippen LogP contribution in [0.3, 0.4) is 0 Å². The lowest BCUT2D eigenvalue weighted by atomic mass is 9.99. The van der Waals surface area contributed by atoms with Gasteiger partial charge in [0.2, 0.25) is 0 Å². The summed E-state index contributed by atoms with van der Waals surface area (Å²) in [7, 11) is 1.69. The molecule has 1 aromatic carbocycles. The van der Waals surface area contributed by atoms with Crippen LogP contribution in [0.5, 0.6) is 5.75 Å². The Hall–Kier alpha value is -1.87. The second kappa shape index (κ2) is 7.06. The van der Waals surface area contributed by atoms with Gasteiger partial charge in [0.1, 0.15) is 5.75 Å². The average Bonchev–Trinajstić information content (AvgIpc) is 2.50. The maximum absolute atomic E-state index is 5.22. The molecule has 0 spiro atoms. The predicted molar refractivity (Wildman–Crippen MR) is 82.1 cm³/mol. The molecule has 106 valence electrons. The molecule has 0 saturated carbocycles. The van der Waals surface area contributed by atoms with E-state index in [9.17, 15) is 0 Å². The van der Waals surface area contributed by atoms with Crippen molar-refractivity contribution in [1.82, 2.24) is 10.3 Å². The second-order valence-corrected chi connectivity index (χ2v) is 4.89. The molecule has 1 unspecified atom stereocenters. The van der Waals surface area contributed by atoms with Crippen LogP contribution in [0, 0.1) is 6.92 Å². The minimum Gasteiger partial charge on any atom is -0.497 e. The molecule has 2 aromatic rings. The van der Waals surface area contributed by atoms with E-state index in [1.807, 2.05) is 25.3 Å². The zero-order valence-corrected chi connectivity index (χ0v) is 12.4. The number of aromatic nitrogens is 1. The Morgan fingerprint density at radius 1 is 1.10 bits per heavy atom. The number of aryl methyl sites for hydroxylation is 1. The first-order valence-electron chi connectivity index (χ1n) is 7.04. The second-order valence-electron chi connectivity index (χ2n) is 4.89. The highest BCUT2D eigenvalue weighted by molar-refractivity contribution is 5.34. The van der Waals surface area contributed by atoms with Crippen LogP contribution in [-0.4, -0.2) is 18.6 Å². The zero-order chi connectivity index (χ0) is 14.4. The van der Waals surface area contributed by atoms with E-state index in [4.69, 9.17) is 4.74 Å². The van der Waals surface area contributed by atoms with E-state index >= 15 is 0 Å². The lowest BCUT2D eigenvalue weighted by Gasteiger charge is -2.19. The highest BCUT2D eigenvalue weighted by Gasteiger charge is 2.13. The number of pyridine rings is 1. The Morgan fingerprint density at radius 3 is 2.35 bits per heavy atom. The van der Waals surface area contributed by atoms with E-state index in [0.717, 1.165) is 24.4 Å². The normalized spacial score (nSPS) is 12.2. The maximum atomic E-state index is 5.22. The highest BCUT2D eigenvalue weighted by Crippen LogP contribution is 2.23. The van der Waals surface area contributed by atoms with Gasteiger partial charge in [0.25, 0.3) is 0 Å². The summed E-state index contributed by atoms with van der Waals surface area (Å²) in [6.45, 7) is 5.15. The number of methoxy groups -OCH3 is 1. The average molecular weight is 270 g/mol. The Balaban J connectivity index is 2.27. The number of hydrogen-bond acceptors (Lipinski definition) is 3. The third-order valence-electron chi connectivity index (χ3n) is 3.32. The molecule has 20 heavy (non-hydrogen) atoms. The molecule has 3 heteroatoms. The van der Waals surface area contributed by atoms with Crippen molar-refractivity contribution in [2.24, 2.45) is 0 Å². The first-order valence-corrected chi connectivity index (χ1v) is 7.04. The van der Waals surface area contributed by atoms with Gasteiger partial charge in [-0.1, -0.05) is 25.1 Å². The van der Waals surface area contributed by atoms with E-state index in [1.165, 1.54) is 11.1 Å². The largest absolute Gasteiger partial charge is 0.497 e. The van der Waals surface area contributed by atoms with Crippen LogP contribution in [0.15, 0.2) is 42.6 Å². The molecule has 0 fully saturated rings. The molecular weight excluding hydrogens is 248 g/mol. The van der Waals surface area contributed by atoms with Gasteiger partial charge in [-0.3, -0.25) is 4.98 Å². The maximum Gasteiger partial charge on any atom is 0.118 e. The van der Waals surface area contributed by atoms with Crippen LogP contribution < -0.4 is 10.1 Å². The quantitative estimate of drug-likeness (QED) is 0.872. The van der Waals surface area contributed by atoms with Gasteiger partial charge in [-0.15, -0.1) is 0 Å². The molecule has 1 N–H and O–H groups in total. The summed E-state index contributed by atoms with van der Waals surface area (Å²) < 4.78 is 5.22. The van der Waals surface area contributed by atoms with Crippen molar-refractivity contribution in [3.05, 3.63) is 59.4 Å². The topological polar surface area (TPSA) is 34.1 Å². The fourth-order valence-corrected chi connectivity index (χ4v) is 2.16. The van der Waals surface area contributed by atoms with Gasteiger partial charge in [0.05, 0.1) is 13.2 Å². The SMILES string of the molecule is CCCNC(c1ccc(OC)cc1)c1ccc(C)nc1. The lowest BCUT2D eigenvalue weighted by Crippen LogP contribution is -2.23. The summed E-state index contributed by atoms with van der Waals surface area (Å²) in [6.07, 6.45) is 3.05. The van der Waals surface area contributed by atoms with Gasteiger partial charge < -0.3 is 10.1 Å². The number of ether oxygens (including phenoxy) is 1. The molecule has 0 aliphatic rings. The number of nitrogens with zero attached hydrogens (tertiary/aromatic N) is 1. The van der Waals surface area contributed by atoms with Crippen LogP contribution in [0.4, 0.5) is 0 Å². The smallest absolute Gasteiger partial charge is 0.118 e. The molecule has 0 saturated heterocycles. The predicted octanol–water partition coefficient (Wildman–Crippen LogP) is 3.49. The molecule has 0 radical (unpaired) electrons. The zero-order valence-electron chi connectivity index (χ0n) is 12.4. The number of hydrogen-bond donors (Lipinski definition) is 1. The van der Waals surface area contributed by atoms with Crippen molar-refractivity contribution in [2.45, 2.75) is 26.3 Å². The first-order chi connectivity index (χ1) is 9.74. The third-order valence-corrected chi connectivity index (χ3v) is 3.32. The van der Waals surface area contributed by atoms with E-state index in [-0.39, 0.29) is 6.04 Å².